The summed E-state index contributed by atoms with van der Waals surface area (Å²) in [7, 11) is 0. The molecule has 128 valence electrons. The molecule has 2 rings (SSSR count). The maximum Gasteiger partial charge on any atom is 0.573 e. The third-order valence-corrected chi connectivity index (χ3v) is 2.89. The molecule has 1 heterocycles. The molecular formula is C14H11F5N4O. The van der Waals surface area contributed by atoms with Crippen molar-refractivity contribution in [2.75, 3.05) is 0 Å². The summed E-state index contributed by atoms with van der Waals surface area (Å²) in [4.78, 5) is 3.71. The molecule has 0 amide bonds. The number of aliphatic imine (C=N–C) groups is 1. The third kappa shape index (κ3) is 4.15. The van der Waals surface area contributed by atoms with Crippen molar-refractivity contribution in [3.63, 3.8) is 0 Å². The third-order valence-electron chi connectivity index (χ3n) is 2.89. The Kier molecular flexibility index (Phi) is 4.96. The minimum Gasteiger partial charge on any atom is -0.406 e. The lowest BCUT2D eigenvalue weighted by Gasteiger charge is -2.10. The van der Waals surface area contributed by atoms with Crippen LogP contribution in [0.25, 0.3) is 11.9 Å². The van der Waals surface area contributed by atoms with Crippen LogP contribution in [0.2, 0.25) is 0 Å². The fourth-order valence-corrected chi connectivity index (χ4v) is 1.85. The van der Waals surface area contributed by atoms with Crippen molar-refractivity contribution in [1.29, 1.82) is 0 Å². The highest BCUT2D eigenvalue weighted by Crippen LogP contribution is 2.26. The van der Waals surface area contributed by atoms with Gasteiger partial charge in [0.05, 0.1) is 5.70 Å². The number of aryl methyl sites for hydroxylation is 1. The zero-order chi connectivity index (χ0) is 17.9. The Morgan fingerprint density at radius 3 is 2.38 bits per heavy atom. The topological polar surface area (TPSA) is 52.3 Å². The van der Waals surface area contributed by atoms with E-state index in [4.69, 9.17) is 0 Å². The number of rotatable bonds is 5. The molecule has 0 aliphatic heterocycles. The molecule has 0 spiro atoms. The Hall–Kier alpha value is -2.78. The maximum absolute atomic E-state index is 12.9. The largest absolute Gasteiger partial charge is 0.573 e. The lowest BCUT2D eigenvalue weighted by Crippen LogP contribution is -2.16. The van der Waals surface area contributed by atoms with Gasteiger partial charge in [-0.05, 0) is 37.9 Å². The van der Waals surface area contributed by atoms with E-state index in [1.54, 1.807) is 0 Å². The van der Waals surface area contributed by atoms with E-state index in [2.05, 4.69) is 26.6 Å². The fourth-order valence-electron chi connectivity index (χ4n) is 1.85. The maximum atomic E-state index is 12.9. The average molecular weight is 346 g/mol. The normalized spacial score (nSPS) is 12.5. The molecule has 24 heavy (non-hydrogen) atoms. The van der Waals surface area contributed by atoms with E-state index in [-0.39, 0.29) is 11.5 Å². The highest BCUT2D eigenvalue weighted by atomic mass is 19.4. The first kappa shape index (κ1) is 17.6. The minimum absolute atomic E-state index is 0.151. The molecule has 0 N–H and O–H groups in total. The Bertz CT molecular complexity index is 750. The van der Waals surface area contributed by atoms with Gasteiger partial charge >= 0.3 is 6.36 Å². The van der Waals surface area contributed by atoms with Crippen molar-refractivity contribution in [2.45, 2.75) is 19.7 Å². The van der Waals surface area contributed by atoms with Gasteiger partial charge < -0.3 is 4.74 Å². The van der Waals surface area contributed by atoms with Crippen LogP contribution in [-0.2, 0) is 0 Å². The van der Waals surface area contributed by atoms with Crippen LogP contribution in [0.5, 0.6) is 5.75 Å². The second kappa shape index (κ2) is 6.77. The number of halogens is 5. The van der Waals surface area contributed by atoms with Gasteiger partial charge in [0.2, 0.25) is 5.82 Å². The molecule has 1 aromatic carbocycles. The van der Waals surface area contributed by atoms with Crippen molar-refractivity contribution in [3.05, 3.63) is 41.5 Å². The van der Waals surface area contributed by atoms with E-state index >= 15 is 0 Å². The molecule has 0 atom stereocenters. The van der Waals surface area contributed by atoms with E-state index in [0.29, 0.717) is 5.56 Å². The second-order valence-electron chi connectivity index (χ2n) is 4.52. The number of alkyl halides is 5. The number of hydrogen-bond acceptors (Lipinski definition) is 4. The Balaban J connectivity index is 2.35. The number of hydrogen-bond donors (Lipinski definition) is 0. The highest BCUT2D eigenvalue weighted by Gasteiger charge is 2.31. The predicted octanol–water partition coefficient (Wildman–Crippen LogP) is 4.08. The summed E-state index contributed by atoms with van der Waals surface area (Å²) in [6, 6.07) is 4.75. The van der Waals surface area contributed by atoms with Gasteiger partial charge in [0.15, 0.2) is 0 Å². The van der Waals surface area contributed by atoms with Gasteiger partial charge in [0.25, 0.3) is 6.43 Å². The van der Waals surface area contributed by atoms with E-state index in [1.807, 2.05) is 0 Å². The molecule has 5 nitrogen and oxygen atoms in total. The predicted molar refractivity (Wildman–Crippen MR) is 76.6 cm³/mol. The summed E-state index contributed by atoms with van der Waals surface area (Å²) in [5, 5.41) is 6.92. The highest BCUT2D eigenvalue weighted by molar-refractivity contribution is 5.77. The van der Waals surface area contributed by atoms with Gasteiger partial charge in [-0.3, -0.25) is 9.56 Å². The van der Waals surface area contributed by atoms with Gasteiger partial charge in [0, 0.05) is 11.8 Å². The van der Waals surface area contributed by atoms with Crippen LogP contribution in [0.4, 0.5) is 22.0 Å². The Morgan fingerprint density at radius 1 is 1.25 bits per heavy atom. The summed E-state index contributed by atoms with van der Waals surface area (Å²) in [5.41, 5.74) is 0.506. The zero-order valence-corrected chi connectivity index (χ0v) is 12.3. The monoisotopic (exact) mass is 346 g/mol. The molecular weight excluding hydrogens is 335 g/mol. The molecule has 0 aliphatic carbocycles. The van der Waals surface area contributed by atoms with Crippen molar-refractivity contribution in [3.8, 4) is 5.75 Å². The second-order valence-corrected chi connectivity index (χ2v) is 4.52. The smallest absolute Gasteiger partial charge is 0.406 e. The molecule has 0 unspecified atom stereocenters. The first-order valence-corrected chi connectivity index (χ1v) is 6.45. The van der Waals surface area contributed by atoms with Gasteiger partial charge in [-0.15, -0.1) is 23.4 Å². The van der Waals surface area contributed by atoms with Gasteiger partial charge in [-0.25, -0.2) is 8.78 Å². The first-order valence-electron chi connectivity index (χ1n) is 6.45. The summed E-state index contributed by atoms with van der Waals surface area (Å²) in [6.07, 6.45) is -6.43. The van der Waals surface area contributed by atoms with Crippen molar-refractivity contribution in [2.24, 2.45) is 4.99 Å². The van der Waals surface area contributed by atoms with E-state index in [0.717, 1.165) is 16.7 Å². The summed E-state index contributed by atoms with van der Waals surface area (Å²) >= 11 is 0. The van der Waals surface area contributed by atoms with Crippen LogP contribution >= 0.6 is 0 Å². The average Bonchev–Trinajstić information content (AvgIpc) is 2.85. The lowest BCUT2D eigenvalue weighted by atomic mass is 10.1. The first-order chi connectivity index (χ1) is 11.2. The summed E-state index contributed by atoms with van der Waals surface area (Å²) < 4.78 is 67.0. The van der Waals surface area contributed by atoms with Gasteiger partial charge in [-0.2, -0.15) is 0 Å². The number of nitrogens with zero attached hydrogens (tertiary/aromatic N) is 4. The molecule has 2 aromatic rings. The van der Waals surface area contributed by atoms with E-state index in [9.17, 15) is 22.0 Å². The SMILES string of the molecule is C=N/C(=C\n1c(C)nnc1C(F)F)c1ccc(OC(F)(F)F)cc1. The molecule has 0 bridgehead atoms. The van der Waals surface area contributed by atoms with E-state index < -0.39 is 24.4 Å². The molecule has 0 fully saturated rings. The lowest BCUT2D eigenvalue weighted by molar-refractivity contribution is -0.274. The number of benzene rings is 1. The quantitative estimate of drug-likeness (QED) is 0.606. The number of ether oxygens (including phenoxy) is 1. The minimum atomic E-state index is -4.80. The molecule has 0 radical (unpaired) electrons. The zero-order valence-electron chi connectivity index (χ0n) is 12.3. The number of aromatic nitrogens is 3. The van der Waals surface area contributed by atoms with Crippen LogP contribution < -0.4 is 4.74 Å². The van der Waals surface area contributed by atoms with Crippen molar-refractivity contribution >= 4 is 18.6 Å². The standard InChI is InChI=1S/C14H11F5N4O/c1-8-21-22-13(12(15)16)23(8)7-11(20-2)9-3-5-10(6-4-9)24-14(17,18)19/h3-7,12H,2H2,1H3/b11-7-. The van der Waals surface area contributed by atoms with Crippen LogP contribution in [-0.4, -0.2) is 27.8 Å². The van der Waals surface area contributed by atoms with Gasteiger partial charge in [-0.1, -0.05) is 0 Å². The van der Waals surface area contributed by atoms with Crippen molar-refractivity contribution < 1.29 is 26.7 Å². The molecule has 1 aromatic heterocycles. The Labute approximate surface area is 133 Å². The van der Waals surface area contributed by atoms with Crippen molar-refractivity contribution in [1.82, 2.24) is 14.8 Å². The van der Waals surface area contributed by atoms with Crippen LogP contribution in [0.1, 0.15) is 23.6 Å². The van der Waals surface area contributed by atoms with Crippen LogP contribution in [0, 0.1) is 6.92 Å². The van der Waals surface area contributed by atoms with Gasteiger partial charge in [0.1, 0.15) is 11.6 Å². The molecule has 0 aliphatic rings. The van der Waals surface area contributed by atoms with E-state index in [1.165, 1.54) is 25.3 Å². The molecule has 10 heteroatoms. The summed E-state index contributed by atoms with van der Waals surface area (Å²) in [5.74, 6) is -0.794. The fraction of sp³-hybridized carbons (Fsp3) is 0.214. The summed E-state index contributed by atoms with van der Waals surface area (Å²) in [6.45, 7) is 4.80. The van der Waals surface area contributed by atoms with Crippen LogP contribution in [0.3, 0.4) is 0 Å². The molecule has 0 saturated carbocycles. The Morgan fingerprint density at radius 2 is 1.88 bits per heavy atom. The van der Waals surface area contributed by atoms with Crippen LogP contribution in [0.15, 0.2) is 29.3 Å². The molecule has 0 saturated heterocycles.